The molecule has 1 aliphatic rings. The number of halogens is 1. The van der Waals surface area contributed by atoms with Gasteiger partial charge < -0.3 is 20.1 Å². The Morgan fingerprint density at radius 1 is 0.927 bits per heavy atom. The maximum absolute atomic E-state index is 13.8. The van der Waals surface area contributed by atoms with Crippen LogP contribution in [0.5, 0.6) is 11.5 Å². The van der Waals surface area contributed by atoms with E-state index >= 15 is 0 Å². The maximum Gasteiger partial charge on any atom is 0.264 e. The third-order valence-corrected chi connectivity index (χ3v) is 7.89. The van der Waals surface area contributed by atoms with E-state index in [1.165, 1.54) is 42.5 Å². The zero-order chi connectivity index (χ0) is 28.8. The molecule has 0 unspecified atom stereocenters. The van der Waals surface area contributed by atoms with E-state index < -0.39 is 34.2 Å². The Kier molecular flexibility index (Phi) is 8.11. The van der Waals surface area contributed by atoms with E-state index in [0.29, 0.717) is 12.4 Å². The van der Waals surface area contributed by atoms with Crippen molar-refractivity contribution in [2.75, 3.05) is 29.4 Å². The molecular weight excluding hydrogens is 551 g/mol. The average molecular weight is 577 g/mol. The van der Waals surface area contributed by atoms with Gasteiger partial charge in [0.2, 0.25) is 5.91 Å². The number of sulfonamides is 1. The van der Waals surface area contributed by atoms with Gasteiger partial charge in [-0.25, -0.2) is 12.8 Å². The normalized spacial score (nSPS) is 12.3. The van der Waals surface area contributed by atoms with Crippen molar-refractivity contribution in [1.29, 1.82) is 0 Å². The third-order valence-electron chi connectivity index (χ3n) is 6.13. The van der Waals surface area contributed by atoms with Crippen molar-refractivity contribution in [2.45, 2.75) is 11.4 Å². The fourth-order valence-corrected chi connectivity index (χ4v) is 5.56. The number of hydrogen-bond donors (Lipinski definition) is 2. The number of hydrogen-bond acceptors (Lipinski definition) is 7. The molecule has 5 rings (SSSR count). The first kappa shape index (κ1) is 27.6. The van der Waals surface area contributed by atoms with Gasteiger partial charge >= 0.3 is 0 Å². The van der Waals surface area contributed by atoms with Crippen molar-refractivity contribution in [1.82, 2.24) is 10.3 Å². The zero-order valence-corrected chi connectivity index (χ0v) is 22.4. The number of aromatic nitrogens is 1. The first-order chi connectivity index (χ1) is 19.8. The molecule has 1 aromatic heterocycles. The Labute approximate surface area is 235 Å². The monoisotopic (exact) mass is 576 g/mol. The number of carbonyl (C=O) groups is 2. The number of ether oxygens (including phenoxy) is 2. The second-order valence-corrected chi connectivity index (χ2v) is 10.8. The maximum atomic E-state index is 13.8. The van der Waals surface area contributed by atoms with Gasteiger partial charge in [0.05, 0.1) is 21.8 Å². The number of amides is 2. The van der Waals surface area contributed by atoms with Crippen LogP contribution in [0.4, 0.5) is 15.8 Å². The summed E-state index contributed by atoms with van der Waals surface area (Å²) >= 11 is 0. The average Bonchev–Trinajstić information content (AvgIpc) is 2.99. The van der Waals surface area contributed by atoms with E-state index in [1.54, 1.807) is 30.6 Å². The number of nitrogens with zero attached hydrogens (tertiary/aromatic N) is 2. The van der Waals surface area contributed by atoms with Gasteiger partial charge in [-0.3, -0.25) is 18.9 Å². The Balaban J connectivity index is 1.38. The quantitative estimate of drug-likeness (QED) is 0.311. The van der Waals surface area contributed by atoms with Gasteiger partial charge in [-0.2, -0.15) is 0 Å². The fourth-order valence-electron chi connectivity index (χ4n) is 4.12. The molecule has 10 nitrogen and oxygen atoms in total. The van der Waals surface area contributed by atoms with E-state index in [-0.39, 0.29) is 40.7 Å². The minimum Gasteiger partial charge on any atom is -0.486 e. The van der Waals surface area contributed by atoms with Gasteiger partial charge in [0.1, 0.15) is 25.6 Å². The number of pyridine rings is 1. The molecule has 0 aliphatic carbocycles. The third kappa shape index (κ3) is 6.44. The molecule has 0 fully saturated rings. The summed E-state index contributed by atoms with van der Waals surface area (Å²) < 4.78 is 53.1. The van der Waals surface area contributed by atoms with E-state index in [1.807, 2.05) is 6.07 Å². The van der Waals surface area contributed by atoms with Crippen molar-refractivity contribution in [2.24, 2.45) is 0 Å². The molecule has 0 saturated heterocycles. The molecule has 0 spiro atoms. The highest BCUT2D eigenvalue weighted by Gasteiger charge is 2.29. The van der Waals surface area contributed by atoms with Crippen molar-refractivity contribution >= 4 is 33.2 Å². The van der Waals surface area contributed by atoms with Crippen LogP contribution in [-0.2, 0) is 21.4 Å². The minimum absolute atomic E-state index is 0.0685. The predicted molar refractivity (Wildman–Crippen MR) is 149 cm³/mol. The highest BCUT2D eigenvalue weighted by molar-refractivity contribution is 7.92. The fraction of sp³-hybridized carbons (Fsp3) is 0.138. The van der Waals surface area contributed by atoms with E-state index in [0.717, 1.165) is 22.0 Å². The summed E-state index contributed by atoms with van der Waals surface area (Å²) in [5, 5.41) is 5.42. The lowest BCUT2D eigenvalue weighted by Crippen LogP contribution is -2.38. The molecule has 0 atom stereocenters. The van der Waals surface area contributed by atoms with Crippen LogP contribution < -0.4 is 24.4 Å². The molecule has 2 N–H and O–H groups in total. The van der Waals surface area contributed by atoms with Crippen LogP contribution in [0.1, 0.15) is 15.9 Å². The summed E-state index contributed by atoms with van der Waals surface area (Å²) in [4.78, 5) is 30.0. The molecule has 0 saturated carbocycles. The molecule has 12 heteroatoms. The second-order valence-electron chi connectivity index (χ2n) is 8.93. The lowest BCUT2D eigenvalue weighted by Gasteiger charge is -2.25. The number of carbonyl (C=O) groups excluding carboxylic acids is 2. The summed E-state index contributed by atoms with van der Waals surface area (Å²) in [6.07, 6.45) is 3.25. The van der Waals surface area contributed by atoms with Crippen LogP contribution in [0, 0.1) is 5.82 Å². The zero-order valence-electron chi connectivity index (χ0n) is 21.6. The smallest absolute Gasteiger partial charge is 0.264 e. The van der Waals surface area contributed by atoms with Gasteiger partial charge in [-0.15, -0.1) is 0 Å². The molecule has 41 heavy (non-hydrogen) atoms. The summed E-state index contributed by atoms with van der Waals surface area (Å²) in [5.74, 6) is -1.07. The number of para-hydroxylation sites is 1. The SMILES string of the molecule is O=C(CN(c1ccc(F)cc1)S(=O)(=O)c1ccc2c(c1)OCCO2)Nc1ccccc1C(=O)NCc1cccnc1. The molecule has 2 heterocycles. The lowest BCUT2D eigenvalue weighted by molar-refractivity contribution is -0.114. The van der Waals surface area contributed by atoms with Crippen molar-refractivity contribution in [3.05, 3.63) is 108 Å². The Morgan fingerprint density at radius 2 is 1.68 bits per heavy atom. The molecule has 0 bridgehead atoms. The van der Waals surface area contributed by atoms with Crippen LogP contribution >= 0.6 is 0 Å². The number of anilines is 2. The summed E-state index contributed by atoms with van der Waals surface area (Å²) in [5.41, 5.74) is 1.24. The van der Waals surface area contributed by atoms with Crippen molar-refractivity contribution in [3.63, 3.8) is 0 Å². The molecule has 1 aliphatic heterocycles. The summed E-state index contributed by atoms with van der Waals surface area (Å²) in [7, 11) is -4.32. The highest BCUT2D eigenvalue weighted by Crippen LogP contribution is 2.34. The number of nitrogens with one attached hydrogen (secondary N) is 2. The largest absolute Gasteiger partial charge is 0.486 e. The van der Waals surface area contributed by atoms with E-state index in [9.17, 15) is 22.4 Å². The molecule has 3 aromatic carbocycles. The van der Waals surface area contributed by atoms with E-state index in [4.69, 9.17) is 9.47 Å². The summed E-state index contributed by atoms with van der Waals surface area (Å²) in [6.45, 7) is 0.162. The number of fused-ring (bicyclic) bond motifs is 1. The van der Waals surface area contributed by atoms with Crippen LogP contribution in [-0.4, -0.2) is 45.0 Å². The molecule has 2 amide bonds. The molecule has 4 aromatic rings. The van der Waals surface area contributed by atoms with Crippen LogP contribution in [0.25, 0.3) is 0 Å². The topological polar surface area (TPSA) is 127 Å². The van der Waals surface area contributed by atoms with Gasteiger partial charge in [0, 0.05) is 25.0 Å². The number of benzene rings is 3. The standard InChI is InChI=1S/C29H25FN4O6S/c30-21-7-9-22(10-8-21)34(41(37,38)23-11-12-26-27(16-23)40-15-14-39-26)19-28(35)33-25-6-2-1-5-24(25)29(36)32-18-20-4-3-13-31-17-20/h1-13,16-17H,14-15,18-19H2,(H,32,36)(H,33,35). The Morgan fingerprint density at radius 3 is 2.44 bits per heavy atom. The predicted octanol–water partition coefficient (Wildman–Crippen LogP) is 3.76. The first-order valence-corrected chi connectivity index (χ1v) is 14.0. The van der Waals surface area contributed by atoms with Gasteiger partial charge in [-0.05, 0) is 60.2 Å². The molecule has 0 radical (unpaired) electrons. The van der Waals surface area contributed by atoms with E-state index in [2.05, 4.69) is 15.6 Å². The van der Waals surface area contributed by atoms with Crippen molar-refractivity contribution in [3.8, 4) is 11.5 Å². The summed E-state index contributed by atoms with van der Waals surface area (Å²) in [6, 6.07) is 18.8. The molecule has 210 valence electrons. The Bertz CT molecular complexity index is 1670. The van der Waals surface area contributed by atoms with Crippen LogP contribution in [0.3, 0.4) is 0 Å². The Hall–Kier alpha value is -4.97. The minimum atomic E-state index is -4.32. The lowest BCUT2D eigenvalue weighted by atomic mass is 10.1. The van der Waals surface area contributed by atoms with Crippen LogP contribution in [0.2, 0.25) is 0 Å². The van der Waals surface area contributed by atoms with Crippen LogP contribution in [0.15, 0.2) is 96.2 Å². The highest BCUT2D eigenvalue weighted by atomic mass is 32.2. The number of rotatable bonds is 9. The van der Waals surface area contributed by atoms with Gasteiger partial charge in [0.15, 0.2) is 11.5 Å². The van der Waals surface area contributed by atoms with Crippen molar-refractivity contribution < 1.29 is 31.9 Å². The van der Waals surface area contributed by atoms with Gasteiger partial charge in [-0.1, -0.05) is 18.2 Å². The molecular formula is C29H25FN4O6S. The second kappa shape index (κ2) is 12.0. The van der Waals surface area contributed by atoms with Gasteiger partial charge in [0.25, 0.3) is 15.9 Å². The first-order valence-electron chi connectivity index (χ1n) is 12.6.